The van der Waals surface area contributed by atoms with Gasteiger partial charge < -0.3 is 0 Å². The van der Waals surface area contributed by atoms with Gasteiger partial charge in [0.25, 0.3) is 0 Å². The standard InChI is InChI=1S/C10H11BrSe2/c1-2-12-10(11)8-13-9-6-4-3-5-7-9/h3-8H,2H2,1H3/b10-8-. The molecule has 0 unspecified atom stereocenters. The quantitative estimate of drug-likeness (QED) is 0.716. The van der Waals surface area contributed by atoms with Crippen molar-refractivity contribution >= 4 is 50.3 Å². The van der Waals surface area contributed by atoms with Gasteiger partial charge in [-0.1, -0.05) is 0 Å². The number of benzene rings is 1. The molecule has 0 radical (unpaired) electrons. The van der Waals surface area contributed by atoms with Crippen molar-refractivity contribution in [3.8, 4) is 0 Å². The van der Waals surface area contributed by atoms with E-state index in [9.17, 15) is 0 Å². The Labute approximate surface area is 101 Å². The molecule has 0 spiro atoms. The molecule has 0 heterocycles. The maximum atomic E-state index is 3.60. The third-order valence-corrected chi connectivity index (χ3v) is 7.49. The molecule has 0 aliphatic rings. The minimum atomic E-state index is 0.497. The van der Waals surface area contributed by atoms with E-state index < -0.39 is 0 Å². The second kappa shape index (κ2) is 6.86. The molecule has 0 amide bonds. The third-order valence-electron chi connectivity index (χ3n) is 1.31. The fourth-order valence-corrected chi connectivity index (χ4v) is 5.59. The summed E-state index contributed by atoms with van der Waals surface area (Å²) in [4.78, 5) is 2.34. The second-order valence-electron chi connectivity index (χ2n) is 2.29. The van der Waals surface area contributed by atoms with Gasteiger partial charge in [-0.05, 0) is 0 Å². The fourth-order valence-electron chi connectivity index (χ4n) is 0.785. The van der Waals surface area contributed by atoms with Crippen LogP contribution in [0.2, 0.25) is 5.32 Å². The topological polar surface area (TPSA) is 0 Å². The summed E-state index contributed by atoms with van der Waals surface area (Å²) in [5, 5.41) is 1.27. The summed E-state index contributed by atoms with van der Waals surface area (Å²) in [6.07, 6.45) is 0. The van der Waals surface area contributed by atoms with E-state index in [0.717, 1.165) is 0 Å². The van der Waals surface area contributed by atoms with Crippen LogP contribution >= 0.6 is 15.9 Å². The predicted octanol–water partition coefficient (Wildman–Crippen LogP) is 2.35. The molecule has 0 bridgehead atoms. The molecule has 0 atom stereocenters. The zero-order valence-electron chi connectivity index (χ0n) is 7.37. The van der Waals surface area contributed by atoms with Crippen molar-refractivity contribution < 1.29 is 0 Å². The third kappa shape index (κ3) is 5.05. The van der Waals surface area contributed by atoms with Crippen LogP contribution in [-0.4, -0.2) is 29.9 Å². The summed E-state index contributed by atoms with van der Waals surface area (Å²) in [5.74, 6) is 0. The average Bonchev–Trinajstić information content (AvgIpc) is 2.17. The van der Waals surface area contributed by atoms with Gasteiger partial charge in [0, 0.05) is 0 Å². The summed E-state index contributed by atoms with van der Waals surface area (Å²) in [5.41, 5.74) is 0. The molecule has 0 saturated carbocycles. The van der Waals surface area contributed by atoms with Crippen molar-refractivity contribution in [2.24, 2.45) is 0 Å². The fraction of sp³-hybridized carbons (Fsp3) is 0.200. The molecule has 0 aliphatic carbocycles. The van der Waals surface area contributed by atoms with Crippen molar-refractivity contribution in [1.29, 1.82) is 0 Å². The van der Waals surface area contributed by atoms with Crippen molar-refractivity contribution in [2.75, 3.05) is 0 Å². The van der Waals surface area contributed by atoms with Crippen molar-refractivity contribution in [2.45, 2.75) is 12.2 Å². The summed E-state index contributed by atoms with van der Waals surface area (Å²) in [6.45, 7) is 2.23. The van der Waals surface area contributed by atoms with E-state index in [2.05, 4.69) is 58.2 Å². The molecule has 0 nitrogen and oxygen atoms in total. The van der Waals surface area contributed by atoms with E-state index in [1.165, 1.54) is 13.2 Å². The first-order chi connectivity index (χ1) is 6.33. The molecule has 13 heavy (non-hydrogen) atoms. The SMILES string of the molecule is CC[Se]/C(Br)=C\[Se]c1ccccc1. The van der Waals surface area contributed by atoms with Gasteiger partial charge in [-0.15, -0.1) is 0 Å². The van der Waals surface area contributed by atoms with Gasteiger partial charge in [0.15, 0.2) is 0 Å². The molecule has 0 aliphatic heterocycles. The van der Waals surface area contributed by atoms with E-state index in [4.69, 9.17) is 0 Å². The predicted molar refractivity (Wildman–Crippen MR) is 65.1 cm³/mol. The van der Waals surface area contributed by atoms with Crippen LogP contribution in [0.4, 0.5) is 0 Å². The number of halogens is 1. The summed E-state index contributed by atoms with van der Waals surface area (Å²) >= 11 is 4.75. The molecule has 0 N–H and O–H groups in total. The normalized spacial score (nSPS) is 11.7. The first-order valence-corrected chi connectivity index (χ1v) is 8.73. The Morgan fingerprint density at radius 2 is 2.08 bits per heavy atom. The van der Waals surface area contributed by atoms with Gasteiger partial charge in [-0.3, -0.25) is 0 Å². The Balaban J connectivity index is 2.47. The second-order valence-corrected chi connectivity index (χ2v) is 9.04. The first-order valence-electron chi connectivity index (χ1n) is 4.03. The molecule has 0 fully saturated rings. The minimum absolute atomic E-state index is 0.497. The molecular formula is C10H11BrSe2. The zero-order chi connectivity index (χ0) is 9.52. The van der Waals surface area contributed by atoms with E-state index >= 15 is 0 Å². The van der Waals surface area contributed by atoms with Gasteiger partial charge in [-0.25, -0.2) is 0 Å². The van der Waals surface area contributed by atoms with Gasteiger partial charge in [0.2, 0.25) is 0 Å². The van der Waals surface area contributed by atoms with Crippen LogP contribution < -0.4 is 4.46 Å². The molecule has 1 rings (SSSR count). The van der Waals surface area contributed by atoms with Crippen LogP contribution in [0.5, 0.6) is 0 Å². The van der Waals surface area contributed by atoms with Crippen molar-refractivity contribution in [3.63, 3.8) is 0 Å². The molecular weight excluding hydrogens is 358 g/mol. The van der Waals surface area contributed by atoms with Crippen LogP contribution in [0.1, 0.15) is 6.92 Å². The molecule has 0 saturated heterocycles. The zero-order valence-corrected chi connectivity index (χ0v) is 12.4. The molecule has 1 aromatic rings. The Bertz CT molecular complexity index is 270. The summed E-state index contributed by atoms with van der Waals surface area (Å²) < 4.78 is 2.85. The Morgan fingerprint density at radius 1 is 1.38 bits per heavy atom. The monoisotopic (exact) mass is 370 g/mol. The van der Waals surface area contributed by atoms with Crippen LogP contribution in [-0.2, 0) is 0 Å². The Kier molecular flexibility index (Phi) is 6.10. The van der Waals surface area contributed by atoms with Gasteiger partial charge in [0.1, 0.15) is 0 Å². The van der Waals surface area contributed by atoms with Crippen molar-refractivity contribution in [3.05, 3.63) is 38.7 Å². The summed E-state index contributed by atoms with van der Waals surface area (Å²) in [7, 11) is 0. The van der Waals surface area contributed by atoms with Crippen LogP contribution in [0, 0.1) is 0 Å². The number of hydrogen-bond acceptors (Lipinski definition) is 0. The van der Waals surface area contributed by atoms with Crippen LogP contribution in [0.3, 0.4) is 0 Å². The first kappa shape index (κ1) is 11.6. The Morgan fingerprint density at radius 3 is 2.69 bits per heavy atom. The number of rotatable bonds is 4. The van der Waals surface area contributed by atoms with Crippen molar-refractivity contribution in [1.82, 2.24) is 0 Å². The van der Waals surface area contributed by atoms with E-state index in [1.807, 2.05) is 0 Å². The van der Waals surface area contributed by atoms with Gasteiger partial charge in [0.05, 0.1) is 0 Å². The molecule has 70 valence electrons. The maximum absolute atomic E-state index is 3.60. The van der Waals surface area contributed by atoms with Crippen LogP contribution in [0.15, 0.2) is 38.7 Å². The van der Waals surface area contributed by atoms with E-state index in [1.54, 1.807) is 0 Å². The van der Waals surface area contributed by atoms with E-state index in [-0.39, 0.29) is 0 Å². The molecule has 3 heteroatoms. The summed E-state index contributed by atoms with van der Waals surface area (Å²) in [6, 6.07) is 10.6. The Hall–Kier alpha value is 0.479. The molecule has 0 aromatic heterocycles. The van der Waals surface area contributed by atoms with Gasteiger partial charge >= 0.3 is 101 Å². The van der Waals surface area contributed by atoms with E-state index in [0.29, 0.717) is 29.9 Å². The average molecular weight is 369 g/mol. The number of hydrogen-bond donors (Lipinski definition) is 0. The van der Waals surface area contributed by atoms with Crippen LogP contribution in [0.25, 0.3) is 0 Å². The molecule has 1 aromatic carbocycles. The van der Waals surface area contributed by atoms with Gasteiger partial charge in [-0.2, -0.15) is 0 Å².